The van der Waals surface area contributed by atoms with E-state index in [1.54, 1.807) is 0 Å². The molecule has 4 aromatic carbocycles. The van der Waals surface area contributed by atoms with E-state index in [2.05, 4.69) is 107 Å². The Morgan fingerprint density at radius 2 is 1.33 bits per heavy atom. The summed E-state index contributed by atoms with van der Waals surface area (Å²) in [6, 6.07) is 34.8. The van der Waals surface area contributed by atoms with Crippen molar-refractivity contribution in [3.05, 3.63) is 103 Å². The van der Waals surface area contributed by atoms with Gasteiger partial charge >= 0.3 is 0 Å². The fourth-order valence-electron chi connectivity index (χ4n) is 4.39. The molecule has 1 N–H and O–H groups in total. The zero-order valence-corrected chi connectivity index (χ0v) is 14.8. The third-order valence-electron chi connectivity index (χ3n) is 5.62. The van der Waals surface area contributed by atoms with Crippen LogP contribution in [-0.4, -0.2) is 0 Å². The molecule has 0 aromatic heterocycles. The van der Waals surface area contributed by atoms with E-state index in [0.717, 1.165) is 0 Å². The van der Waals surface area contributed by atoms with Crippen molar-refractivity contribution in [2.45, 2.75) is 6.17 Å². The Morgan fingerprint density at radius 3 is 2.22 bits per heavy atom. The topological polar surface area (TPSA) is 15.3 Å². The fraction of sp³-hybridized carbons (Fsp3) is 0.0400. The highest BCUT2D eigenvalue weighted by Gasteiger charge is 2.37. The summed E-state index contributed by atoms with van der Waals surface area (Å²) in [5.41, 5.74) is 10.1. The average Bonchev–Trinajstić information content (AvgIpc) is 3.14. The number of fused-ring (bicyclic) bond motifs is 8. The maximum absolute atomic E-state index is 3.72. The minimum Gasteiger partial charge on any atom is -0.359 e. The molecule has 2 aliphatic rings. The second kappa shape index (κ2) is 5.49. The fourth-order valence-corrected chi connectivity index (χ4v) is 4.39. The van der Waals surface area contributed by atoms with Crippen molar-refractivity contribution in [3.8, 4) is 22.3 Å². The first kappa shape index (κ1) is 14.6. The van der Waals surface area contributed by atoms with Gasteiger partial charge in [-0.25, -0.2) is 0 Å². The predicted octanol–water partition coefficient (Wildman–Crippen LogP) is 6.60. The largest absolute Gasteiger partial charge is 0.359 e. The minimum absolute atomic E-state index is 0.136. The van der Waals surface area contributed by atoms with Crippen molar-refractivity contribution >= 4 is 17.1 Å². The smallest absolute Gasteiger partial charge is 0.131 e. The number of nitrogens with zero attached hydrogens (tertiary/aromatic N) is 1. The van der Waals surface area contributed by atoms with Gasteiger partial charge in [0.2, 0.25) is 0 Å². The van der Waals surface area contributed by atoms with Gasteiger partial charge in [0.1, 0.15) is 6.17 Å². The highest BCUT2D eigenvalue weighted by atomic mass is 15.3. The minimum atomic E-state index is 0.136. The molecule has 0 saturated carbocycles. The third kappa shape index (κ3) is 2.07. The molecule has 2 heterocycles. The van der Waals surface area contributed by atoms with Gasteiger partial charge < -0.3 is 10.2 Å². The summed E-state index contributed by atoms with van der Waals surface area (Å²) in [4.78, 5) is 2.43. The Hall–Kier alpha value is -3.52. The Balaban J connectivity index is 1.59. The van der Waals surface area contributed by atoms with Crippen molar-refractivity contribution in [3.63, 3.8) is 0 Å². The molecule has 0 spiro atoms. The van der Waals surface area contributed by atoms with E-state index in [1.165, 1.54) is 44.9 Å². The molecule has 2 heteroatoms. The predicted molar refractivity (Wildman–Crippen MR) is 112 cm³/mol. The Morgan fingerprint density at radius 1 is 0.593 bits per heavy atom. The monoisotopic (exact) mass is 346 g/mol. The van der Waals surface area contributed by atoms with Crippen LogP contribution >= 0.6 is 0 Å². The van der Waals surface area contributed by atoms with Gasteiger partial charge in [0, 0.05) is 11.1 Å². The summed E-state index contributed by atoms with van der Waals surface area (Å²) in [7, 11) is 0. The highest BCUT2D eigenvalue weighted by molar-refractivity contribution is 5.95. The summed E-state index contributed by atoms with van der Waals surface area (Å²) < 4.78 is 0. The van der Waals surface area contributed by atoms with Gasteiger partial charge in [0.15, 0.2) is 0 Å². The highest BCUT2D eigenvalue weighted by Crippen LogP contribution is 2.54. The van der Waals surface area contributed by atoms with E-state index in [0.29, 0.717) is 0 Å². The van der Waals surface area contributed by atoms with Crippen LogP contribution in [0.4, 0.5) is 17.1 Å². The number of nitrogens with one attached hydrogen (secondary N) is 1. The molecule has 2 nitrogen and oxygen atoms in total. The first-order valence-electron chi connectivity index (χ1n) is 9.34. The average molecular weight is 346 g/mol. The number of anilines is 3. The summed E-state index contributed by atoms with van der Waals surface area (Å²) in [5.74, 6) is 0. The van der Waals surface area contributed by atoms with Crippen molar-refractivity contribution in [1.29, 1.82) is 0 Å². The standard InChI is InChI=1S/C25H18N2/c1-2-8-17(9-3-1)18-14-15-20-21(16-18)19-10-4-6-12-23(19)27-24-13-7-5-11-22(24)26-25(20)27/h1-16,25-26H. The van der Waals surface area contributed by atoms with E-state index in [9.17, 15) is 0 Å². The van der Waals surface area contributed by atoms with Crippen molar-refractivity contribution < 1.29 is 0 Å². The zero-order chi connectivity index (χ0) is 17.8. The molecule has 2 aliphatic heterocycles. The van der Waals surface area contributed by atoms with Gasteiger partial charge in [-0.2, -0.15) is 0 Å². The molecule has 0 bridgehead atoms. The van der Waals surface area contributed by atoms with E-state index < -0.39 is 0 Å². The first-order chi connectivity index (χ1) is 13.4. The molecule has 0 radical (unpaired) electrons. The molecule has 4 aromatic rings. The second-order valence-corrected chi connectivity index (χ2v) is 7.12. The van der Waals surface area contributed by atoms with E-state index in [-0.39, 0.29) is 6.17 Å². The van der Waals surface area contributed by atoms with Crippen molar-refractivity contribution in [1.82, 2.24) is 0 Å². The van der Waals surface area contributed by atoms with Gasteiger partial charge in [-0.15, -0.1) is 0 Å². The van der Waals surface area contributed by atoms with E-state index in [4.69, 9.17) is 0 Å². The Labute approximate surface area is 158 Å². The maximum atomic E-state index is 3.72. The summed E-state index contributed by atoms with van der Waals surface area (Å²) in [6.07, 6.45) is 0.136. The van der Waals surface area contributed by atoms with Crippen LogP contribution in [0.5, 0.6) is 0 Å². The second-order valence-electron chi connectivity index (χ2n) is 7.12. The van der Waals surface area contributed by atoms with Crippen LogP contribution in [0.15, 0.2) is 97.1 Å². The molecule has 0 aliphatic carbocycles. The van der Waals surface area contributed by atoms with Crippen LogP contribution in [0.3, 0.4) is 0 Å². The summed E-state index contributed by atoms with van der Waals surface area (Å²) in [6.45, 7) is 0. The summed E-state index contributed by atoms with van der Waals surface area (Å²) in [5, 5.41) is 3.72. The molecule has 0 saturated heterocycles. The van der Waals surface area contributed by atoms with Crippen LogP contribution in [0.25, 0.3) is 22.3 Å². The van der Waals surface area contributed by atoms with Gasteiger partial charge in [0.25, 0.3) is 0 Å². The normalized spacial score (nSPS) is 16.0. The van der Waals surface area contributed by atoms with Gasteiger partial charge in [-0.05, 0) is 41.0 Å². The van der Waals surface area contributed by atoms with Crippen molar-refractivity contribution in [2.75, 3.05) is 10.2 Å². The van der Waals surface area contributed by atoms with E-state index >= 15 is 0 Å². The van der Waals surface area contributed by atoms with E-state index in [1.807, 2.05) is 0 Å². The lowest BCUT2D eigenvalue weighted by Crippen LogP contribution is -2.27. The van der Waals surface area contributed by atoms with Crippen LogP contribution in [0, 0.1) is 0 Å². The van der Waals surface area contributed by atoms with Crippen LogP contribution in [-0.2, 0) is 0 Å². The molecular weight excluding hydrogens is 328 g/mol. The molecule has 128 valence electrons. The number of rotatable bonds is 1. The number of para-hydroxylation sites is 3. The third-order valence-corrected chi connectivity index (χ3v) is 5.62. The zero-order valence-electron chi connectivity index (χ0n) is 14.8. The molecule has 27 heavy (non-hydrogen) atoms. The summed E-state index contributed by atoms with van der Waals surface area (Å²) >= 11 is 0. The van der Waals surface area contributed by atoms with Crippen LogP contribution < -0.4 is 10.2 Å². The van der Waals surface area contributed by atoms with Gasteiger partial charge in [-0.1, -0.05) is 72.8 Å². The van der Waals surface area contributed by atoms with Crippen molar-refractivity contribution in [2.24, 2.45) is 0 Å². The lowest BCUT2D eigenvalue weighted by molar-refractivity contribution is 0.819. The van der Waals surface area contributed by atoms with Crippen LogP contribution in [0.1, 0.15) is 11.7 Å². The first-order valence-corrected chi connectivity index (χ1v) is 9.34. The quantitative estimate of drug-likeness (QED) is 0.418. The molecule has 1 atom stereocenters. The van der Waals surface area contributed by atoms with Crippen LogP contribution in [0.2, 0.25) is 0 Å². The van der Waals surface area contributed by atoms with Gasteiger partial charge in [0.05, 0.1) is 17.1 Å². The maximum Gasteiger partial charge on any atom is 0.131 e. The Bertz CT molecular complexity index is 1160. The SMILES string of the molecule is c1ccc(-c2ccc3c(c2)-c2ccccc2N2c4ccccc4NC32)cc1. The molecule has 6 rings (SSSR count). The number of hydrogen-bond acceptors (Lipinski definition) is 2. The molecule has 0 amide bonds. The molecular formula is C25H18N2. The molecule has 1 unspecified atom stereocenters. The van der Waals surface area contributed by atoms with Gasteiger partial charge in [-0.3, -0.25) is 0 Å². The number of hydrogen-bond donors (Lipinski definition) is 1. The number of benzene rings is 4. The lowest BCUT2D eigenvalue weighted by Gasteiger charge is -2.35. The molecule has 0 fully saturated rings. The Kier molecular flexibility index (Phi) is 2.97. The lowest BCUT2D eigenvalue weighted by atomic mass is 9.89.